The zero-order valence-corrected chi connectivity index (χ0v) is 17.5. The lowest BCUT2D eigenvalue weighted by molar-refractivity contribution is 0.720. The van der Waals surface area contributed by atoms with Crippen molar-refractivity contribution in [2.45, 2.75) is 39.3 Å². The molecule has 2 N–H and O–H groups in total. The summed E-state index contributed by atoms with van der Waals surface area (Å²) in [6, 6.07) is 11.2. The van der Waals surface area contributed by atoms with E-state index in [2.05, 4.69) is 64.8 Å². The molecule has 130 valence electrons. The zero-order valence-electron chi connectivity index (χ0n) is 14.4. The van der Waals surface area contributed by atoms with Crippen LogP contribution in [-0.4, -0.2) is 24.0 Å². The van der Waals surface area contributed by atoms with Crippen LogP contribution >= 0.6 is 35.3 Å². The molecular weight excluding hydrogens is 431 g/mol. The Balaban J connectivity index is 0.00000208. The lowest BCUT2D eigenvalue weighted by Gasteiger charge is -2.10. The van der Waals surface area contributed by atoms with Gasteiger partial charge in [-0.3, -0.25) is 4.99 Å². The van der Waals surface area contributed by atoms with Crippen molar-refractivity contribution >= 4 is 41.3 Å². The van der Waals surface area contributed by atoms with Crippen LogP contribution < -0.4 is 10.6 Å². The SMILES string of the molecule is CN=C(NCc1nc(C)c(C)s1)NC1CC1Cc1ccccc1.I. The van der Waals surface area contributed by atoms with Crippen LogP contribution in [0.15, 0.2) is 35.3 Å². The number of guanidine groups is 1. The van der Waals surface area contributed by atoms with Crippen molar-refractivity contribution < 1.29 is 0 Å². The van der Waals surface area contributed by atoms with Crippen molar-refractivity contribution in [2.24, 2.45) is 10.9 Å². The molecule has 3 rings (SSSR count). The maximum absolute atomic E-state index is 4.56. The zero-order chi connectivity index (χ0) is 16.2. The van der Waals surface area contributed by atoms with E-state index in [1.165, 1.54) is 16.9 Å². The predicted molar refractivity (Wildman–Crippen MR) is 112 cm³/mol. The van der Waals surface area contributed by atoms with Gasteiger partial charge in [0.2, 0.25) is 0 Å². The third-order valence-corrected chi connectivity index (χ3v) is 5.36. The summed E-state index contributed by atoms with van der Waals surface area (Å²) in [5.41, 5.74) is 2.54. The Morgan fingerprint density at radius 3 is 2.67 bits per heavy atom. The summed E-state index contributed by atoms with van der Waals surface area (Å²) < 4.78 is 0. The molecule has 0 amide bonds. The van der Waals surface area contributed by atoms with Crippen LogP contribution in [0.3, 0.4) is 0 Å². The van der Waals surface area contributed by atoms with Gasteiger partial charge in [-0.2, -0.15) is 0 Å². The van der Waals surface area contributed by atoms with Crippen molar-refractivity contribution in [1.82, 2.24) is 15.6 Å². The highest BCUT2D eigenvalue weighted by Gasteiger charge is 2.37. The molecule has 4 nitrogen and oxygen atoms in total. The second-order valence-electron chi connectivity index (χ2n) is 6.11. The lowest BCUT2D eigenvalue weighted by atomic mass is 10.1. The van der Waals surface area contributed by atoms with Gasteiger partial charge in [-0.15, -0.1) is 35.3 Å². The van der Waals surface area contributed by atoms with Crippen LogP contribution in [0.5, 0.6) is 0 Å². The van der Waals surface area contributed by atoms with E-state index in [9.17, 15) is 0 Å². The minimum absolute atomic E-state index is 0. The number of aromatic nitrogens is 1. The van der Waals surface area contributed by atoms with Crippen LogP contribution in [0, 0.1) is 19.8 Å². The molecule has 1 aromatic carbocycles. The first-order valence-electron chi connectivity index (χ1n) is 8.09. The van der Waals surface area contributed by atoms with Gasteiger partial charge in [-0.1, -0.05) is 30.3 Å². The molecule has 2 unspecified atom stereocenters. The molecule has 2 aromatic rings. The van der Waals surface area contributed by atoms with E-state index in [0.29, 0.717) is 12.0 Å². The lowest BCUT2D eigenvalue weighted by Crippen LogP contribution is -2.38. The minimum Gasteiger partial charge on any atom is -0.353 e. The van der Waals surface area contributed by atoms with Crippen LogP contribution in [0.1, 0.15) is 27.6 Å². The number of hydrogen-bond acceptors (Lipinski definition) is 3. The second kappa shape index (κ2) is 8.80. The first kappa shape index (κ1) is 19.2. The van der Waals surface area contributed by atoms with E-state index in [1.54, 1.807) is 11.3 Å². The molecule has 1 saturated carbocycles. The smallest absolute Gasteiger partial charge is 0.191 e. The van der Waals surface area contributed by atoms with E-state index < -0.39 is 0 Å². The average Bonchev–Trinajstić information content (AvgIpc) is 3.20. The first-order valence-corrected chi connectivity index (χ1v) is 8.91. The first-order chi connectivity index (χ1) is 11.2. The summed E-state index contributed by atoms with van der Waals surface area (Å²) in [5, 5.41) is 8.00. The molecule has 1 heterocycles. The fourth-order valence-corrected chi connectivity index (χ4v) is 3.58. The number of nitrogens with one attached hydrogen (secondary N) is 2. The number of halogens is 1. The average molecular weight is 456 g/mol. The Bertz CT molecular complexity index is 664. The molecular formula is C18H25IN4S. The Labute approximate surface area is 165 Å². The third-order valence-electron chi connectivity index (χ3n) is 4.29. The van der Waals surface area contributed by atoms with Crippen molar-refractivity contribution in [3.63, 3.8) is 0 Å². The maximum atomic E-state index is 4.56. The summed E-state index contributed by atoms with van der Waals surface area (Å²) in [5.74, 6) is 1.58. The van der Waals surface area contributed by atoms with Crippen LogP contribution in [0.25, 0.3) is 0 Å². The number of aryl methyl sites for hydroxylation is 2. The number of nitrogens with zero attached hydrogens (tertiary/aromatic N) is 2. The summed E-state index contributed by atoms with van der Waals surface area (Å²) in [4.78, 5) is 10.2. The molecule has 0 saturated heterocycles. The Morgan fingerprint density at radius 1 is 1.29 bits per heavy atom. The highest BCUT2D eigenvalue weighted by molar-refractivity contribution is 14.0. The second-order valence-corrected chi connectivity index (χ2v) is 7.40. The highest BCUT2D eigenvalue weighted by Crippen LogP contribution is 2.33. The van der Waals surface area contributed by atoms with Crippen molar-refractivity contribution in [2.75, 3.05) is 7.05 Å². The fourth-order valence-electron chi connectivity index (χ4n) is 2.71. The largest absolute Gasteiger partial charge is 0.353 e. The fraction of sp³-hybridized carbons (Fsp3) is 0.444. The molecule has 1 fully saturated rings. The summed E-state index contributed by atoms with van der Waals surface area (Å²) >= 11 is 1.75. The van der Waals surface area contributed by atoms with Gasteiger partial charge >= 0.3 is 0 Å². The van der Waals surface area contributed by atoms with Gasteiger partial charge in [0.1, 0.15) is 5.01 Å². The van der Waals surface area contributed by atoms with Gasteiger partial charge in [0.05, 0.1) is 12.2 Å². The molecule has 0 aliphatic heterocycles. The van der Waals surface area contributed by atoms with E-state index in [-0.39, 0.29) is 24.0 Å². The number of rotatable bonds is 5. The molecule has 1 aromatic heterocycles. The number of hydrogen-bond donors (Lipinski definition) is 2. The monoisotopic (exact) mass is 456 g/mol. The molecule has 0 radical (unpaired) electrons. The van der Waals surface area contributed by atoms with Crippen molar-refractivity contribution in [3.8, 4) is 0 Å². The Kier molecular flexibility index (Phi) is 7.03. The molecule has 1 aliphatic rings. The summed E-state index contributed by atoms with van der Waals surface area (Å²) in [6.45, 7) is 4.90. The standard InChI is InChI=1S/C18H24N4S.HI/c1-12-13(2)23-17(21-12)11-20-18(19-3)22-16-10-15(16)9-14-7-5-4-6-8-14;/h4-8,15-16H,9-11H2,1-3H3,(H2,19,20,22);1H. The van der Waals surface area contributed by atoms with Gasteiger partial charge in [-0.25, -0.2) is 4.98 Å². The molecule has 6 heteroatoms. The normalized spacial score (nSPS) is 19.5. The van der Waals surface area contributed by atoms with Crippen LogP contribution in [-0.2, 0) is 13.0 Å². The molecule has 2 atom stereocenters. The Morgan fingerprint density at radius 2 is 2.04 bits per heavy atom. The van der Waals surface area contributed by atoms with Gasteiger partial charge in [0.25, 0.3) is 0 Å². The van der Waals surface area contributed by atoms with Gasteiger partial charge in [-0.05, 0) is 38.2 Å². The van der Waals surface area contributed by atoms with Crippen LogP contribution in [0.4, 0.5) is 0 Å². The van der Waals surface area contributed by atoms with E-state index in [4.69, 9.17) is 0 Å². The summed E-state index contributed by atoms with van der Waals surface area (Å²) in [7, 11) is 1.82. The molecule has 24 heavy (non-hydrogen) atoms. The maximum Gasteiger partial charge on any atom is 0.191 e. The van der Waals surface area contributed by atoms with Gasteiger partial charge in [0, 0.05) is 18.0 Å². The van der Waals surface area contributed by atoms with Crippen molar-refractivity contribution in [3.05, 3.63) is 51.5 Å². The highest BCUT2D eigenvalue weighted by atomic mass is 127. The van der Waals surface area contributed by atoms with E-state index >= 15 is 0 Å². The predicted octanol–water partition coefficient (Wildman–Crippen LogP) is 3.67. The van der Waals surface area contributed by atoms with E-state index in [0.717, 1.165) is 29.6 Å². The topological polar surface area (TPSA) is 49.3 Å². The molecule has 0 bridgehead atoms. The van der Waals surface area contributed by atoms with E-state index in [1.807, 2.05) is 7.05 Å². The van der Waals surface area contributed by atoms with Gasteiger partial charge in [0.15, 0.2) is 5.96 Å². The van der Waals surface area contributed by atoms with Crippen LogP contribution in [0.2, 0.25) is 0 Å². The quantitative estimate of drug-likeness (QED) is 0.410. The van der Waals surface area contributed by atoms with Gasteiger partial charge < -0.3 is 10.6 Å². The number of benzene rings is 1. The molecule has 1 aliphatic carbocycles. The number of thiazole rings is 1. The third kappa shape index (κ3) is 5.17. The number of aliphatic imine (C=N–C) groups is 1. The Hall–Kier alpha value is -1.15. The molecule has 0 spiro atoms. The van der Waals surface area contributed by atoms with Crippen molar-refractivity contribution in [1.29, 1.82) is 0 Å². The minimum atomic E-state index is 0. The summed E-state index contributed by atoms with van der Waals surface area (Å²) in [6.07, 6.45) is 2.35.